The molecule has 0 aromatic heterocycles. The highest BCUT2D eigenvalue weighted by Crippen LogP contribution is 2.24. The SMILES string of the molecule is O=[N+]([O-])C=Cc1ccc(O)c(Br)c1. The summed E-state index contributed by atoms with van der Waals surface area (Å²) in [6.07, 6.45) is 2.20. The molecule has 68 valence electrons. The predicted octanol–water partition coefficient (Wildman–Crippen LogP) is 2.40. The van der Waals surface area contributed by atoms with Crippen molar-refractivity contribution < 1.29 is 10.0 Å². The lowest BCUT2D eigenvalue weighted by atomic mass is 10.2. The third-order valence-electron chi connectivity index (χ3n) is 1.36. The van der Waals surface area contributed by atoms with Gasteiger partial charge in [-0.1, -0.05) is 6.07 Å². The Morgan fingerprint density at radius 1 is 1.54 bits per heavy atom. The van der Waals surface area contributed by atoms with Crippen LogP contribution in [-0.4, -0.2) is 10.0 Å². The van der Waals surface area contributed by atoms with Crippen LogP contribution in [0, 0.1) is 10.1 Å². The van der Waals surface area contributed by atoms with Gasteiger partial charge in [0, 0.05) is 6.08 Å². The average molecular weight is 244 g/mol. The smallest absolute Gasteiger partial charge is 0.235 e. The highest BCUT2D eigenvalue weighted by atomic mass is 79.9. The van der Waals surface area contributed by atoms with Crippen LogP contribution < -0.4 is 0 Å². The number of phenols is 1. The summed E-state index contributed by atoms with van der Waals surface area (Å²) in [6, 6.07) is 4.64. The molecule has 0 saturated heterocycles. The highest BCUT2D eigenvalue weighted by Gasteiger charge is 1.97. The maximum absolute atomic E-state index is 9.98. The molecule has 1 aromatic rings. The number of hydrogen-bond donors (Lipinski definition) is 1. The monoisotopic (exact) mass is 243 g/mol. The summed E-state index contributed by atoms with van der Waals surface area (Å²) in [5.41, 5.74) is 0.654. The minimum atomic E-state index is -0.541. The molecule has 0 spiro atoms. The molecule has 0 radical (unpaired) electrons. The van der Waals surface area contributed by atoms with Gasteiger partial charge in [0.05, 0.1) is 9.40 Å². The second kappa shape index (κ2) is 4.04. The summed E-state index contributed by atoms with van der Waals surface area (Å²) in [6.45, 7) is 0. The van der Waals surface area contributed by atoms with E-state index >= 15 is 0 Å². The summed E-state index contributed by atoms with van der Waals surface area (Å²) in [4.78, 5) is 9.44. The van der Waals surface area contributed by atoms with Crippen molar-refractivity contribution in [3.05, 3.63) is 44.5 Å². The van der Waals surface area contributed by atoms with Crippen molar-refractivity contribution in [2.45, 2.75) is 0 Å². The first-order valence-electron chi connectivity index (χ1n) is 3.40. The molecule has 0 aliphatic carbocycles. The first-order chi connectivity index (χ1) is 6.09. The summed E-state index contributed by atoms with van der Waals surface area (Å²) in [5, 5.41) is 19.1. The van der Waals surface area contributed by atoms with Gasteiger partial charge in [0.15, 0.2) is 0 Å². The van der Waals surface area contributed by atoms with E-state index in [1.165, 1.54) is 12.1 Å². The minimum Gasteiger partial charge on any atom is -0.507 e. The van der Waals surface area contributed by atoms with Crippen LogP contribution in [0.25, 0.3) is 6.08 Å². The van der Waals surface area contributed by atoms with Crippen LogP contribution >= 0.6 is 15.9 Å². The molecule has 0 bridgehead atoms. The van der Waals surface area contributed by atoms with Crippen LogP contribution in [-0.2, 0) is 0 Å². The largest absolute Gasteiger partial charge is 0.507 e. The molecule has 0 amide bonds. The van der Waals surface area contributed by atoms with Gasteiger partial charge in [-0.15, -0.1) is 0 Å². The molecule has 0 atom stereocenters. The number of nitro groups is 1. The zero-order valence-electron chi connectivity index (χ0n) is 6.48. The van der Waals surface area contributed by atoms with Crippen molar-refractivity contribution in [2.75, 3.05) is 0 Å². The van der Waals surface area contributed by atoms with Gasteiger partial charge in [-0.3, -0.25) is 10.1 Å². The van der Waals surface area contributed by atoms with Crippen LogP contribution in [0.2, 0.25) is 0 Å². The molecule has 0 fully saturated rings. The van der Waals surface area contributed by atoms with E-state index in [9.17, 15) is 10.1 Å². The van der Waals surface area contributed by atoms with Gasteiger partial charge in [-0.05, 0) is 33.6 Å². The summed E-state index contributed by atoms with van der Waals surface area (Å²) >= 11 is 3.10. The molecule has 0 saturated carbocycles. The Balaban J connectivity index is 2.92. The zero-order valence-corrected chi connectivity index (χ0v) is 8.06. The number of aromatic hydroxyl groups is 1. The average Bonchev–Trinajstić information content (AvgIpc) is 2.07. The van der Waals surface area contributed by atoms with E-state index < -0.39 is 4.92 Å². The standard InChI is InChI=1S/C8H6BrNO3/c9-7-5-6(1-2-8(7)11)3-4-10(12)13/h1-5,11H. The Morgan fingerprint density at radius 2 is 2.23 bits per heavy atom. The number of rotatable bonds is 2. The minimum absolute atomic E-state index is 0.109. The molecular formula is C8H6BrNO3. The number of benzene rings is 1. The second-order valence-corrected chi connectivity index (χ2v) is 3.17. The van der Waals surface area contributed by atoms with E-state index in [4.69, 9.17) is 5.11 Å². The Morgan fingerprint density at radius 3 is 2.77 bits per heavy atom. The van der Waals surface area contributed by atoms with E-state index in [1.807, 2.05) is 0 Å². The Kier molecular flexibility index (Phi) is 3.02. The molecule has 13 heavy (non-hydrogen) atoms. The number of hydrogen-bond acceptors (Lipinski definition) is 3. The van der Waals surface area contributed by atoms with Crippen LogP contribution in [0.15, 0.2) is 28.9 Å². The molecule has 0 unspecified atom stereocenters. The van der Waals surface area contributed by atoms with Gasteiger partial charge in [0.1, 0.15) is 5.75 Å². The Hall–Kier alpha value is -1.36. The zero-order chi connectivity index (χ0) is 9.84. The fourth-order valence-corrected chi connectivity index (χ4v) is 1.17. The van der Waals surface area contributed by atoms with Crippen molar-refractivity contribution in [1.29, 1.82) is 0 Å². The van der Waals surface area contributed by atoms with E-state index in [-0.39, 0.29) is 5.75 Å². The van der Waals surface area contributed by atoms with Crippen LogP contribution in [0.3, 0.4) is 0 Å². The molecule has 1 aromatic carbocycles. The van der Waals surface area contributed by atoms with Crippen LogP contribution in [0.5, 0.6) is 5.75 Å². The lowest BCUT2D eigenvalue weighted by Gasteiger charge is -1.96. The van der Waals surface area contributed by atoms with Crippen molar-refractivity contribution in [3.8, 4) is 5.75 Å². The molecule has 4 nitrogen and oxygen atoms in total. The fourth-order valence-electron chi connectivity index (χ4n) is 0.774. The normalized spacial score (nSPS) is 10.5. The van der Waals surface area contributed by atoms with Gasteiger partial charge in [0.25, 0.3) is 0 Å². The van der Waals surface area contributed by atoms with Gasteiger partial charge < -0.3 is 5.11 Å². The van der Waals surface area contributed by atoms with Crippen LogP contribution in [0.1, 0.15) is 5.56 Å². The molecule has 0 aliphatic rings. The lowest BCUT2D eigenvalue weighted by molar-refractivity contribution is -0.400. The highest BCUT2D eigenvalue weighted by molar-refractivity contribution is 9.10. The topological polar surface area (TPSA) is 63.4 Å². The Labute approximate surface area is 82.8 Å². The number of phenolic OH excluding ortho intramolecular Hbond substituents is 1. The first kappa shape index (κ1) is 9.73. The van der Waals surface area contributed by atoms with Gasteiger partial charge >= 0.3 is 0 Å². The third kappa shape index (κ3) is 2.87. The number of halogens is 1. The van der Waals surface area contributed by atoms with Crippen molar-refractivity contribution >= 4 is 22.0 Å². The van der Waals surface area contributed by atoms with Gasteiger partial charge in [0.2, 0.25) is 6.20 Å². The molecule has 0 aliphatic heterocycles. The summed E-state index contributed by atoms with van der Waals surface area (Å²) in [5.74, 6) is 0.109. The van der Waals surface area contributed by atoms with E-state index in [2.05, 4.69) is 15.9 Å². The van der Waals surface area contributed by atoms with Crippen molar-refractivity contribution in [2.24, 2.45) is 0 Å². The predicted molar refractivity (Wildman–Crippen MR) is 51.8 cm³/mol. The molecule has 0 heterocycles. The van der Waals surface area contributed by atoms with Crippen molar-refractivity contribution in [1.82, 2.24) is 0 Å². The molecular weight excluding hydrogens is 238 g/mol. The van der Waals surface area contributed by atoms with Crippen LogP contribution in [0.4, 0.5) is 0 Å². The maximum Gasteiger partial charge on any atom is 0.235 e. The molecule has 1 rings (SSSR count). The molecule has 5 heteroatoms. The van der Waals surface area contributed by atoms with E-state index in [1.54, 1.807) is 12.1 Å². The quantitative estimate of drug-likeness (QED) is 0.641. The van der Waals surface area contributed by atoms with E-state index in [0.29, 0.717) is 10.0 Å². The Bertz CT molecular complexity index is 362. The van der Waals surface area contributed by atoms with Crippen molar-refractivity contribution in [3.63, 3.8) is 0 Å². The summed E-state index contributed by atoms with van der Waals surface area (Å²) < 4.78 is 0.512. The third-order valence-corrected chi connectivity index (χ3v) is 2.00. The molecule has 1 N–H and O–H groups in total. The second-order valence-electron chi connectivity index (χ2n) is 2.31. The van der Waals surface area contributed by atoms with Gasteiger partial charge in [-0.2, -0.15) is 0 Å². The lowest BCUT2D eigenvalue weighted by Crippen LogP contribution is -1.82. The van der Waals surface area contributed by atoms with E-state index in [0.717, 1.165) is 6.20 Å². The fraction of sp³-hybridized carbons (Fsp3) is 0. The first-order valence-corrected chi connectivity index (χ1v) is 4.19. The summed E-state index contributed by atoms with van der Waals surface area (Å²) in [7, 11) is 0. The maximum atomic E-state index is 9.98. The van der Waals surface area contributed by atoms with Gasteiger partial charge in [-0.25, -0.2) is 0 Å². The number of nitrogens with zero attached hydrogens (tertiary/aromatic N) is 1.